The van der Waals surface area contributed by atoms with Crippen LogP contribution in [0.4, 0.5) is 0 Å². The first-order chi connectivity index (χ1) is 2.83. The summed E-state index contributed by atoms with van der Waals surface area (Å²) in [5.41, 5.74) is 0. The second-order valence-corrected chi connectivity index (χ2v) is 0.519. The van der Waals surface area contributed by atoms with E-state index in [1.807, 2.05) is 0 Å². The Bertz CT molecular complexity index is 82.0. The standard InChI is InChI=1S/8CH4.2Mn.2Na.4O/h8*1H4;;;;;;;;/q;;;;;;;;;;2*+1;;;;. The molecule has 0 fully saturated rings. The molecule has 0 heterocycles. The fourth-order valence-electron chi connectivity index (χ4n) is 0. The first kappa shape index (κ1) is 139. The second kappa shape index (κ2) is 253. The molecule has 4 nitrogen and oxygen atoms in total. The summed E-state index contributed by atoms with van der Waals surface area (Å²) < 4.78 is 33.6. The van der Waals surface area contributed by atoms with E-state index >= 15 is 0 Å². The van der Waals surface area contributed by atoms with Crippen LogP contribution in [0.5, 0.6) is 0 Å². The topological polar surface area (TPSA) is 68.3 Å². The van der Waals surface area contributed by atoms with Gasteiger partial charge in [0.05, 0.1) is 0 Å². The van der Waals surface area contributed by atoms with Gasteiger partial charge in [-0.25, -0.2) is 0 Å². The molecular formula is C8H32Mn2Na2O4+2. The van der Waals surface area contributed by atoms with Crippen molar-refractivity contribution in [2.75, 3.05) is 0 Å². The van der Waals surface area contributed by atoms with Crippen LogP contribution in [0.2, 0.25) is 0 Å². The third kappa shape index (κ3) is 752. The van der Waals surface area contributed by atoms with Gasteiger partial charge < -0.3 is 0 Å². The first-order valence-electron chi connectivity index (χ1n) is 0.617. The summed E-state index contributed by atoms with van der Waals surface area (Å²) in [6.07, 6.45) is 0. The van der Waals surface area contributed by atoms with Gasteiger partial charge in [0.1, 0.15) is 0 Å². The molecule has 0 saturated carbocycles. The maximum absolute atomic E-state index is 8.41. The molecule has 0 amide bonds. The van der Waals surface area contributed by atoms with Gasteiger partial charge in [-0.3, -0.25) is 0 Å². The Labute approximate surface area is 161 Å². The van der Waals surface area contributed by atoms with E-state index in [1.165, 1.54) is 0 Å². The van der Waals surface area contributed by atoms with Crippen molar-refractivity contribution < 1.29 is 104 Å². The molecule has 0 aromatic heterocycles. The molecule has 0 N–H and O–H groups in total. The van der Waals surface area contributed by atoms with Crippen molar-refractivity contribution in [3.63, 3.8) is 0 Å². The van der Waals surface area contributed by atoms with Crippen LogP contribution in [0.1, 0.15) is 59.4 Å². The Morgan fingerprint density at radius 3 is 0.375 bits per heavy atom. The predicted molar refractivity (Wildman–Crippen MR) is 56.6 cm³/mol. The van der Waals surface area contributed by atoms with Gasteiger partial charge >= 0.3 is 104 Å². The molecule has 102 valence electrons. The maximum atomic E-state index is 8.41. The molecule has 0 aromatic carbocycles. The van der Waals surface area contributed by atoms with Crippen molar-refractivity contribution in [3.8, 4) is 0 Å². The SMILES string of the molecule is C.C.C.C.C.C.C.C.[Na+].[Na+].[O]=[Mn]=[O].[O]=[Mn]=[O]. The fourth-order valence-corrected chi connectivity index (χ4v) is 0. The molecule has 0 aliphatic heterocycles. The Kier molecular flexibility index (Phi) is 2200. The van der Waals surface area contributed by atoms with Crippen molar-refractivity contribution in [3.05, 3.63) is 0 Å². The van der Waals surface area contributed by atoms with Crippen LogP contribution in [0, 0.1) is 0 Å². The molecule has 0 rings (SSSR count). The summed E-state index contributed by atoms with van der Waals surface area (Å²) in [7, 11) is 0. The van der Waals surface area contributed by atoms with Crippen LogP contribution in [0.3, 0.4) is 0 Å². The normalized spacial score (nSPS) is 1.50. The molecule has 0 aromatic rings. The molecule has 0 atom stereocenters. The molecule has 0 unspecified atom stereocenters. The molecular weight excluding hydrogens is 316 g/mol. The Morgan fingerprint density at radius 1 is 0.375 bits per heavy atom. The Morgan fingerprint density at radius 2 is 0.375 bits per heavy atom. The molecule has 0 aliphatic carbocycles. The minimum absolute atomic E-state index is 0. The van der Waals surface area contributed by atoms with Crippen molar-refractivity contribution in [2.24, 2.45) is 0 Å². The summed E-state index contributed by atoms with van der Waals surface area (Å²) in [5, 5.41) is 0. The monoisotopic (exact) mass is 348 g/mol. The van der Waals surface area contributed by atoms with Crippen LogP contribution >= 0.6 is 0 Å². The van der Waals surface area contributed by atoms with E-state index in [1.54, 1.807) is 0 Å². The van der Waals surface area contributed by atoms with Crippen molar-refractivity contribution in [1.82, 2.24) is 0 Å². The molecule has 0 saturated heterocycles. The minimum atomic E-state index is -1.44. The summed E-state index contributed by atoms with van der Waals surface area (Å²) in [6, 6.07) is 0. The summed E-state index contributed by atoms with van der Waals surface area (Å²) in [6.45, 7) is 0. The zero-order valence-electron chi connectivity index (χ0n) is 4.39. The van der Waals surface area contributed by atoms with Gasteiger partial charge in [0, 0.05) is 0 Å². The van der Waals surface area contributed by atoms with Crippen molar-refractivity contribution in [1.29, 1.82) is 0 Å². The van der Waals surface area contributed by atoms with E-state index in [2.05, 4.69) is 0 Å². The van der Waals surface area contributed by atoms with Crippen LogP contribution in [0.25, 0.3) is 0 Å². The van der Waals surface area contributed by atoms with Gasteiger partial charge in [-0.15, -0.1) is 0 Å². The molecule has 0 bridgehead atoms. The third-order valence-corrected chi connectivity index (χ3v) is 0. The van der Waals surface area contributed by atoms with E-state index in [4.69, 9.17) is 15.3 Å². The van der Waals surface area contributed by atoms with E-state index in [0.29, 0.717) is 0 Å². The molecule has 8 heteroatoms. The van der Waals surface area contributed by atoms with Gasteiger partial charge in [-0.05, 0) is 0 Å². The first-order valence-corrected chi connectivity index (χ1v) is 2.54. The fraction of sp³-hybridized carbons (Fsp3) is 1.00. The Hall–Kier alpha value is 2.24. The molecule has 0 spiro atoms. The van der Waals surface area contributed by atoms with Crippen LogP contribution in [-0.2, 0) is 45.0 Å². The van der Waals surface area contributed by atoms with E-state index in [-0.39, 0.29) is 119 Å². The molecule has 0 radical (unpaired) electrons. The predicted octanol–water partition coefficient (Wildman–Crippen LogP) is -1.38. The summed E-state index contributed by atoms with van der Waals surface area (Å²) in [4.78, 5) is 0. The zero-order valence-corrected chi connectivity index (χ0v) is 10.7. The summed E-state index contributed by atoms with van der Waals surface area (Å²) >= 11 is -2.88. The van der Waals surface area contributed by atoms with Crippen LogP contribution in [0.15, 0.2) is 0 Å². The quantitative estimate of drug-likeness (QED) is 0.506. The number of rotatable bonds is 0. The van der Waals surface area contributed by atoms with Crippen molar-refractivity contribution >= 4 is 0 Å². The van der Waals surface area contributed by atoms with E-state index in [0.717, 1.165) is 0 Å². The zero-order chi connectivity index (χ0) is 5.41. The number of hydrogen-bond donors (Lipinski definition) is 0. The molecule has 16 heavy (non-hydrogen) atoms. The third-order valence-electron chi connectivity index (χ3n) is 0. The van der Waals surface area contributed by atoms with Gasteiger partial charge in [-0.1, -0.05) is 59.4 Å². The average molecular weight is 348 g/mol. The van der Waals surface area contributed by atoms with Gasteiger partial charge in [0.15, 0.2) is 0 Å². The van der Waals surface area contributed by atoms with E-state index < -0.39 is 29.6 Å². The van der Waals surface area contributed by atoms with Crippen LogP contribution < -0.4 is 59.1 Å². The van der Waals surface area contributed by atoms with Crippen molar-refractivity contribution in [2.45, 2.75) is 59.4 Å². The van der Waals surface area contributed by atoms with Gasteiger partial charge in [0.2, 0.25) is 0 Å². The Balaban J connectivity index is -0.00000000123. The van der Waals surface area contributed by atoms with Crippen LogP contribution in [-0.4, -0.2) is 0 Å². The number of hydrogen-bond acceptors (Lipinski definition) is 4. The summed E-state index contributed by atoms with van der Waals surface area (Å²) in [5.74, 6) is 0. The second-order valence-electron chi connectivity index (χ2n) is 0.126. The van der Waals surface area contributed by atoms with Gasteiger partial charge in [-0.2, -0.15) is 0 Å². The average Bonchev–Trinajstić information content (AvgIpc) is 1.39. The van der Waals surface area contributed by atoms with E-state index in [9.17, 15) is 0 Å². The molecule has 0 aliphatic rings. The van der Waals surface area contributed by atoms with Gasteiger partial charge in [0.25, 0.3) is 0 Å².